The molecule has 0 aliphatic heterocycles. The summed E-state index contributed by atoms with van der Waals surface area (Å²) in [5.41, 5.74) is 4.89. The van der Waals surface area contributed by atoms with Crippen molar-refractivity contribution in [3.8, 4) is 5.75 Å². The minimum absolute atomic E-state index is 0.0909. The van der Waals surface area contributed by atoms with Gasteiger partial charge in [-0.15, -0.1) is 0 Å². The first-order chi connectivity index (χ1) is 17.0. The Hall–Kier alpha value is -3.04. The number of aromatic hydroxyl groups is 1. The van der Waals surface area contributed by atoms with Gasteiger partial charge in [-0.3, -0.25) is 14.5 Å². The largest absolute Gasteiger partial charge is 0.503 e. The normalized spacial score (nSPS) is 15.9. The molecule has 1 fully saturated rings. The van der Waals surface area contributed by atoms with Crippen molar-refractivity contribution >= 4 is 29.0 Å². The van der Waals surface area contributed by atoms with E-state index in [1.807, 2.05) is 0 Å². The minimum atomic E-state index is -4.46. The summed E-state index contributed by atoms with van der Waals surface area (Å²) in [6.07, 6.45) is -0.342. The van der Waals surface area contributed by atoms with Crippen molar-refractivity contribution in [2.24, 2.45) is 10.7 Å². The third-order valence-corrected chi connectivity index (χ3v) is 7.17. The average Bonchev–Trinajstić information content (AvgIpc) is 3.31. The van der Waals surface area contributed by atoms with Crippen molar-refractivity contribution in [2.45, 2.75) is 50.4 Å². The Labute approximate surface area is 215 Å². The van der Waals surface area contributed by atoms with Crippen LogP contribution in [0.25, 0.3) is 0 Å². The number of aromatic nitrogens is 2. The van der Waals surface area contributed by atoms with Crippen LogP contribution in [0.4, 0.5) is 13.2 Å². The fourth-order valence-electron chi connectivity index (χ4n) is 4.59. The first-order valence-electron chi connectivity index (χ1n) is 11.2. The molecule has 36 heavy (non-hydrogen) atoms. The number of nitrogens with two attached hydrogens (primary N) is 1. The smallest absolute Gasteiger partial charge is 0.416 e. The summed E-state index contributed by atoms with van der Waals surface area (Å²) in [5, 5.41) is 15.3. The maximum atomic E-state index is 13.4. The number of alkyl halides is 3. The highest BCUT2D eigenvalue weighted by Gasteiger charge is 2.39. The van der Waals surface area contributed by atoms with Gasteiger partial charge in [-0.2, -0.15) is 18.3 Å². The van der Waals surface area contributed by atoms with Gasteiger partial charge in [0.25, 0.3) is 5.43 Å². The molecule has 4 rings (SSSR count). The quantitative estimate of drug-likeness (QED) is 0.311. The van der Waals surface area contributed by atoms with Gasteiger partial charge >= 0.3 is 6.18 Å². The maximum Gasteiger partial charge on any atom is 0.416 e. The molecule has 2 aromatic carbocycles. The molecule has 0 bridgehead atoms. The second kappa shape index (κ2) is 10.1. The average molecular weight is 539 g/mol. The van der Waals surface area contributed by atoms with Gasteiger partial charge < -0.3 is 10.8 Å². The number of hydrogen-bond acceptors (Lipinski definition) is 4. The van der Waals surface area contributed by atoms with E-state index in [9.17, 15) is 23.1 Å². The van der Waals surface area contributed by atoms with Gasteiger partial charge in [0.15, 0.2) is 17.3 Å². The summed E-state index contributed by atoms with van der Waals surface area (Å²) >= 11 is 11.9. The highest BCUT2D eigenvalue weighted by molar-refractivity contribution is 6.42. The molecular weight excluding hydrogens is 516 g/mol. The van der Waals surface area contributed by atoms with Crippen LogP contribution in [0.3, 0.4) is 0 Å². The van der Waals surface area contributed by atoms with Crippen LogP contribution in [-0.2, 0) is 24.7 Å². The number of nitrogens with zero attached hydrogens (tertiary/aromatic N) is 3. The summed E-state index contributed by atoms with van der Waals surface area (Å²) in [6, 6.07) is 10.2. The molecule has 0 spiro atoms. The number of rotatable bonds is 6. The topological polar surface area (TPSA) is 93.5 Å². The Balaban J connectivity index is 1.66. The third kappa shape index (κ3) is 5.52. The molecule has 1 aromatic heterocycles. The molecule has 1 saturated carbocycles. The van der Waals surface area contributed by atoms with Crippen molar-refractivity contribution in [3.05, 3.63) is 91.3 Å². The summed E-state index contributed by atoms with van der Waals surface area (Å²) < 4.78 is 41.4. The minimum Gasteiger partial charge on any atom is -0.503 e. The lowest BCUT2D eigenvalue weighted by atomic mass is 9.78. The second-order valence-electron chi connectivity index (χ2n) is 8.91. The van der Waals surface area contributed by atoms with Gasteiger partial charge in [-0.25, -0.2) is 0 Å². The Kier molecular flexibility index (Phi) is 7.33. The van der Waals surface area contributed by atoms with Gasteiger partial charge in [-0.1, -0.05) is 60.3 Å². The molecule has 1 aliphatic carbocycles. The molecule has 0 amide bonds. The first-order valence-corrected chi connectivity index (χ1v) is 12.0. The van der Waals surface area contributed by atoms with Crippen LogP contribution >= 0.6 is 23.2 Å². The lowest BCUT2D eigenvalue weighted by Gasteiger charge is -2.31. The molecule has 0 unspecified atom stereocenters. The summed E-state index contributed by atoms with van der Waals surface area (Å²) in [7, 11) is 0. The molecule has 0 radical (unpaired) electrons. The van der Waals surface area contributed by atoms with E-state index >= 15 is 0 Å². The zero-order chi connectivity index (χ0) is 26.1. The van der Waals surface area contributed by atoms with Gasteiger partial charge in [-0.05, 0) is 42.2 Å². The van der Waals surface area contributed by atoms with Crippen molar-refractivity contribution in [1.82, 2.24) is 9.78 Å². The fraction of sp³-hybridized carbons (Fsp3) is 0.320. The molecule has 1 aliphatic rings. The van der Waals surface area contributed by atoms with E-state index in [-0.39, 0.29) is 24.6 Å². The van der Waals surface area contributed by atoms with Crippen LogP contribution in [0, 0.1) is 0 Å². The number of halogens is 5. The second-order valence-corrected chi connectivity index (χ2v) is 9.72. The Bertz CT molecular complexity index is 1370. The van der Waals surface area contributed by atoms with E-state index in [2.05, 4.69) is 10.1 Å². The zero-order valence-corrected chi connectivity index (χ0v) is 20.5. The maximum absolute atomic E-state index is 13.4. The van der Waals surface area contributed by atoms with E-state index in [1.54, 1.807) is 24.3 Å². The monoisotopic (exact) mass is 538 g/mol. The summed E-state index contributed by atoms with van der Waals surface area (Å²) in [6.45, 7) is 0.253. The first kappa shape index (κ1) is 26.0. The Morgan fingerprint density at radius 1 is 1.14 bits per heavy atom. The van der Waals surface area contributed by atoms with Crippen molar-refractivity contribution < 1.29 is 18.3 Å². The van der Waals surface area contributed by atoms with E-state index < -0.39 is 28.3 Å². The third-order valence-electron chi connectivity index (χ3n) is 6.43. The Morgan fingerprint density at radius 3 is 2.53 bits per heavy atom. The molecule has 3 N–H and O–H groups in total. The molecule has 11 heteroatoms. The van der Waals surface area contributed by atoms with Crippen molar-refractivity contribution in [1.29, 1.82) is 0 Å². The van der Waals surface area contributed by atoms with Crippen LogP contribution in [0.5, 0.6) is 5.75 Å². The fourth-order valence-corrected chi connectivity index (χ4v) is 4.91. The number of amidine groups is 1. The van der Waals surface area contributed by atoms with Crippen molar-refractivity contribution in [2.75, 3.05) is 0 Å². The highest BCUT2D eigenvalue weighted by atomic mass is 35.5. The van der Waals surface area contributed by atoms with Gasteiger partial charge in [0, 0.05) is 5.41 Å². The van der Waals surface area contributed by atoms with E-state index in [4.69, 9.17) is 28.9 Å². The molecule has 3 aromatic rings. The van der Waals surface area contributed by atoms with Crippen LogP contribution < -0.4 is 11.2 Å². The van der Waals surface area contributed by atoms with Gasteiger partial charge in [0.1, 0.15) is 0 Å². The zero-order valence-electron chi connectivity index (χ0n) is 19.0. The van der Waals surface area contributed by atoms with Crippen LogP contribution in [0.15, 0.2) is 58.4 Å². The predicted octanol–water partition coefficient (Wildman–Crippen LogP) is 5.69. The lowest BCUT2D eigenvalue weighted by molar-refractivity contribution is -0.137. The predicted molar refractivity (Wildman–Crippen MR) is 133 cm³/mol. The molecular formula is C25H23Cl2F3N4O2. The van der Waals surface area contributed by atoms with Crippen molar-refractivity contribution in [3.63, 3.8) is 0 Å². The number of benzene rings is 2. The number of hydrogen-bond donors (Lipinski definition) is 2. The van der Waals surface area contributed by atoms with Gasteiger partial charge in [0.05, 0.1) is 34.9 Å². The molecule has 190 valence electrons. The standard InChI is InChI=1S/C25H23Cl2F3N4O2/c26-18-7-6-15(10-19(18)27)12-32-23(31)21-22(36)20(35)13-34(33-21)14-24(8-1-2-9-24)16-4-3-5-17(11-16)25(28,29)30/h3-7,10-11,13,35H,1-2,8-9,12,14H2,(H2,31,32). The molecule has 1 heterocycles. The lowest BCUT2D eigenvalue weighted by Crippen LogP contribution is -2.33. The van der Waals surface area contributed by atoms with Gasteiger partial charge in [0.2, 0.25) is 0 Å². The number of aliphatic imine (C=N–C) groups is 1. The van der Waals surface area contributed by atoms with Crippen LogP contribution in [-0.4, -0.2) is 20.7 Å². The molecule has 0 saturated heterocycles. The molecule has 0 atom stereocenters. The summed E-state index contributed by atoms with van der Waals surface area (Å²) in [4.78, 5) is 16.8. The van der Waals surface area contributed by atoms with E-state index in [0.717, 1.165) is 18.9 Å². The van der Waals surface area contributed by atoms with Crippen LogP contribution in [0.2, 0.25) is 10.0 Å². The Morgan fingerprint density at radius 2 is 1.86 bits per heavy atom. The van der Waals surface area contributed by atoms with E-state index in [1.165, 1.54) is 23.0 Å². The highest BCUT2D eigenvalue weighted by Crippen LogP contribution is 2.44. The molecule has 6 nitrogen and oxygen atoms in total. The SMILES string of the molecule is NC(=NCc1ccc(Cl)c(Cl)c1)c1nn(CC2(c3cccc(C(F)(F)F)c3)CCCC2)cc(O)c1=O. The van der Waals surface area contributed by atoms with E-state index in [0.29, 0.717) is 34.0 Å². The summed E-state index contributed by atoms with van der Waals surface area (Å²) in [5.74, 6) is -0.764. The van der Waals surface area contributed by atoms with Crippen LogP contribution in [0.1, 0.15) is 48.1 Å².